The minimum atomic E-state index is -0.0815. The van der Waals surface area contributed by atoms with Crippen molar-refractivity contribution in [1.29, 1.82) is 0 Å². The molecule has 144 valence electrons. The zero-order valence-corrected chi connectivity index (χ0v) is 16.1. The topological polar surface area (TPSA) is 63.9 Å². The maximum atomic E-state index is 13.2. The van der Waals surface area contributed by atoms with Gasteiger partial charge in [-0.1, -0.05) is 24.3 Å². The Kier molecular flexibility index (Phi) is 5.42. The normalized spacial score (nSPS) is 10.7. The molecule has 1 amide bonds. The van der Waals surface area contributed by atoms with E-state index < -0.39 is 0 Å². The average molecular weight is 383 g/mol. The van der Waals surface area contributed by atoms with Crippen LogP contribution in [0.15, 0.2) is 85.5 Å². The van der Waals surface area contributed by atoms with E-state index in [1.165, 1.54) is 0 Å². The van der Waals surface area contributed by atoms with Gasteiger partial charge in [-0.25, -0.2) is 4.68 Å². The van der Waals surface area contributed by atoms with Crippen LogP contribution < -0.4 is 0 Å². The summed E-state index contributed by atoms with van der Waals surface area (Å²) in [4.78, 5) is 23.5. The molecule has 0 aliphatic rings. The Morgan fingerprint density at radius 1 is 1.00 bits per heavy atom. The molecule has 0 atom stereocenters. The molecule has 0 fully saturated rings. The SMILES string of the molecule is CN(CCc1ccccn1)C(=O)c1cn(-c2ccccc2)nc1-c1cccnc1. The molecule has 29 heavy (non-hydrogen) atoms. The number of carbonyl (C=O) groups excluding carboxylic acids is 1. The number of nitrogens with zero attached hydrogens (tertiary/aromatic N) is 5. The van der Waals surface area contributed by atoms with E-state index in [2.05, 4.69) is 15.1 Å². The van der Waals surface area contributed by atoms with Crippen LogP contribution in [0, 0.1) is 0 Å². The first-order chi connectivity index (χ1) is 14.2. The zero-order valence-electron chi connectivity index (χ0n) is 16.1. The molecule has 0 N–H and O–H groups in total. The Labute approximate surface area is 169 Å². The van der Waals surface area contributed by atoms with Gasteiger partial charge in [0.05, 0.1) is 11.3 Å². The molecule has 0 saturated carbocycles. The number of hydrogen-bond donors (Lipinski definition) is 0. The van der Waals surface area contributed by atoms with Crippen LogP contribution in [0.4, 0.5) is 0 Å². The summed E-state index contributed by atoms with van der Waals surface area (Å²) < 4.78 is 1.74. The molecule has 0 saturated heterocycles. The van der Waals surface area contributed by atoms with Crippen molar-refractivity contribution in [3.63, 3.8) is 0 Å². The van der Waals surface area contributed by atoms with Gasteiger partial charge in [0.25, 0.3) is 5.91 Å². The fourth-order valence-corrected chi connectivity index (χ4v) is 3.09. The van der Waals surface area contributed by atoms with Crippen molar-refractivity contribution in [3.8, 4) is 16.9 Å². The summed E-state index contributed by atoms with van der Waals surface area (Å²) in [6, 6.07) is 19.3. The number of likely N-dealkylation sites (N-methyl/N-ethyl adjacent to an activating group) is 1. The molecule has 6 nitrogen and oxygen atoms in total. The number of amides is 1. The molecule has 3 heterocycles. The quantitative estimate of drug-likeness (QED) is 0.510. The van der Waals surface area contributed by atoms with E-state index in [0.717, 1.165) is 16.9 Å². The minimum Gasteiger partial charge on any atom is -0.341 e. The van der Waals surface area contributed by atoms with Crippen LogP contribution in [0.5, 0.6) is 0 Å². The summed E-state index contributed by atoms with van der Waals surface area (Å²) in [6.45, 7) is 0.568. The highest BCUT2D eigenvalue weighted by Crippen LogP contribution is 2.24. The van der Waals surface area contributed by atoms with E-state index in [9.17, 15) is 4.79 Å². The van der Waals surface area contributed by atoms with Crippen molar-refractivity contribution < 1.29 is 4.79 Å². The van der Waals surface area contributed by atoms with Crippen LogP contribution in [0.3, 0.4) is 0 Å². The number of hydrogen-bond acceptors (Lipinski definition) is 4. The molecule has 1 aromatic carbocycles. The second-order valence-corrected chi connectivity index (χ2v) is 6.71. The Morgan fingerprint density at radius 2 is 1.83 bits per heavy atom. The molecule has 4 aromatic rings. The minimum absolute atomic E-state index is 0.0815. The zero-order chi connectivity index (χ0) is 20.1. The highest BCUT2D eigenvalue weighted by Gasteiger charge is 2.21. The third-order valence-electron chi connectivity index (χ3n) is 4.68. The molecule has 3 aromatic heterocycles. The van der Waals surface area contributed by atoms with Crippen LogP contribution in [-0.2, 0) is 6.42 Å². The molecule has 0 aliphatic heterocycles. The summed E-state index contributed by atoms with van der Waals surface area (Å²) >= 11 is 0. The molecular formula is C23H21N5O. The van der Waals surface area contributed by atoms with Crippen LogP contribution in [0.2, 0.25) is 0 Å². The first-order valence-electron chi connectivity index (χ1n) is 9.43. The van der Waals surface area contributed by atoms with E-state index >= 15 is 0 Å². The molecule has 0 bridgehead atoms. The lowest BCUT2D eigenvalue weighted by molar-refractivity contribution is 0.0797. The van der Waals surface area contributed by atoms with Crippen LogP contribution in [0.25, 0.3) is 16.9 Å². The second-order valence-electron chi connectivity index (χ2n) is 6.71. The molecule has 0 radical (unpaired) electrons. The Morgan fingerprint density at radius 3 is 2.55 bits per heavy atom. The number of rotatable bonds is 6. The fraction of sp³-hybridized carbons (Fsp3) is 0.130. The van der Waals surface area contributed by atoms with Crippen LogP contribution >= 0.6 is 0 Å². The van der Waals surface area contributed by atoms with Gasteiger partial charge in [0.15, 0.2) is 0 Å². The van der Waals surface area contributed by atoms with Gasteiger partial charge >= 0.3 is 0 Å². The monoisotopic (exact) mass is 383 g/mol. The molecule has 0 spiro atoms. The van der Waals surface area contributed by atoms with Gasteiger partial charge in [-0.3, -0.25) is 14.8 Å². The lowest BCUT2D eigenvalue weighted by atomic mass is 10.1. The highest BCUT2D eigenvalue weighted by molar-refractivity contribution is 5.99. The lowest BCUT2D eigenvalue weighted by Crippen LogP contribution is -2.29. The first-order valence-corrected chi connectivity index (χ1v) is 9.43. The maximum Gasteiger partial charge on any atom is 0.257 e. The smallest absolute Gasteiger partial charge is 0.257 e. The summed E-state index contributed by atoms with van der Waals surface area (Å²) in [7, 11) is 1.80. The standard InChI is InChI=1S/C23H21N5O/c1-27(15-12-19-9-5-6-14-25-19)23(29)21-17-28(20-10-3-2-4-11-20)26-22(21)18-8-7-13-24-16-18/h2-11,13-14,16-17H,12,15H2,1H3. The number of aromatic nitrogens is 4. The third kappa shape index (κ3) is 4.21. The van der Waals surface area contributed by atoms with Crippen molar-refractivity contribution in [2.45, 2.75) is 6.42 Å². The number of carbonyl (C=O) groups is 1. The molecule has 4 rings (SSSR count). The Hall–Kier alpha value is -3.80. The number of para-hydroxylation sites is 1. The summed E-state index contributed by atoms with van der Waals surface area (Å²) in [5, 5.41) is 4.69. The predicted molar refractivity (Wildman–Crippen MR) is 112 cm³/mol. The van der Waals surface area contributed by atoms with Gasteiger partial charge in [0.1, 0.15) is 5.69 Å². The van der Waals surface area contributed by atoms with E-state index in [4.69, 9.17) is 0 Å². The lowest BCUT2D eigenvalue weighted by Gasteiger charge is -2.16. The van der Waals surface area contributed by atoms with Gasteiger partial charge < -0.3 is 4.90 Å². The van der Waals surface area contributed by atoms with Crippen molar-refractivity contribution in [1.82, 2.24) is 24.6 Å². The van der Waals surface area contributed by atoms with Crippen molar-refractivity contribution in [2.24, 2.45) is 0 Å². The van der Waals surface area contributed by atoms with Crippen molar-refractivity contribution in [3.05, 3.63) is 96.7 Å². The molecule has 0 unspecified atom stereocenters. The van der Waals surface area contributed by atoms with Gasteiger partial charge in [-0.15, -0.1) is 0 Å². The number of pyridine rings is 2. The van der Waals surface area contributed by atoms with Crippen molar-refractivity contribution in [2.75, 3.05) is 13.6 Å². The second kappa shape index (κ2) is 8.48. The van der Waals surface area contributed by atoms with Crippen LogP contribution in [-0.4, -0.2) is 44.1 Å². The summed E-state index contributed by atoms with van der Waals surface area (Å²) in [5.41, 5.74) is 3.83. The Balaban J connectivity index is 1.64. The van der Waals surface area contributed by atoms with E-state index in [1.807, 2.05) is 60.7 Å². The third-order valence-corrected chi connectivity index (χ3v) is 4.68. The van der Waals surface area contributed by atoms with Gasteiger partial charge in [-0.2, -0.15) is 5.10 Å². The molecule has 0 aliphatic carbocycles. The summed E-state index contributed by atoms with van der Waals surface area (Å²) in [5.74, 6) is -0.0815. The van der Waals surface area contributed by atoms with Crippen molar-refractivity contribution >= 4 is 5.91 Å². The van der Waals surface area contributed by atoms with Crippen LogP contribution in [0.1, 0.15) is 16.1 Å². The van der Waals surface area contributed by atoms with E-state index in [0.29, 0.717) is 24.2 Å². The highest BCUT2D eigenvalue weighted by atomic mass is 16.2. The number of benzene rings is 1. The maximum absolute atomic E-state index is 13.2. The predicted octanol–water partition coefficient (Wildman–Crippen LogP) is 3.64. The van der Waals surface area contributed by atoms with E-state index in [1.54, 1.807) is 41.4 Å². The fourth-order valence-electron chi connectivity index (χ4n) is 3.09. The van der Waals surface area contributed by atoms with Gasteiger partial charge in [-0.05, 0) is 36.4 Å². The summed E-state index contributed by atoms with van der Waals surface area (Å²) in [6.07, 6.45) is 7.68. The first kappa shape index (κ1) is 18.6. The van der Waals surface area contributed by atoms with E-state index in [-0.39, 0.29) is 5.91 Å². The van der Waals surface area contributed by atoms with Gasteiger partial charge in [0, 0.05) is 56.1 Å². The van der Waals surface area contributed by atoms with Gasteiger partial charge in [0.2, 0.25) is 0 Å². The molecular weight excluding hydrogens is 362 g/mol. The average Bonchev–Trinajstić information content (AvgIpc) is 3.24. The molecule has 6 heteroatoms. The Bertz CT molecular complexity index is 1080. The largest absolute Gasteiger partial charge is 0.341 e.